The largest absolute Gasteiger partial charge is 0.435 e. The van der Waals surface area contributed by atoms with Crippen molar-refractivity contribution in [3.05, 3.63) is 57.6 Å². The van der Waals surface area contributed by atoms with Gasteiger partial charge in [-0.25, -0.2) is 0 Å². The second kappa shape index (κ2) is 11.3. The van der Waals surface area contributed by atoms with Crippen molar-refractivity contribution < 1.29 is 27.0 Å². The van der Waals surface area contributed by atoms with Crippen molar-refractivity contribution in [1.29, 1.82) is 0 Å². The number of hydrogen-bond donors (Lipinski definition) is 0. The second-order valence-corrected chi connectivity index (χ2v) is 12.8. The summed E-state index contributed by atoms with van der Waals surface area (Å²) in [4.78, 5) is 0. The SMILES string of the molecule is Cc1cc(Br)ccc1OC(F)F.Cc1cc(C#C[Si](C)(C)C)ccc1OC(F)F. The van der Waals surface area contributed by atoms with Crippen LogP contribution in [0.3, 0.4) is 0 Å². The lowest BCUT2D eigenvalue weighted by atomic mass is 10.1. The van der Waals surface area contributed by atoms with E-state index in [0.717, 1.165) is 10.0 Å². The molecule has 0 aliphatic rings. The molecule has 158 valence electrons. The van der Waals surface area contributed by atoms with Crippen LogP contribution in [-0.4, -0.2) is 21.3 Å². The Labute approximate surface area is 178 Å². The fourth-order valence-electron chi connectivity index (χ4n) is 2.06. The van der Waals surface area contributed by atoms with Crippen molar-refractivity contribution in [2.45, 2.75) is 46.7 Å². The molecular weight excluding hydrogens is 468 g/mol. The molecule has 0 amide bonds. The summed E-state index contributed by atoms with van der Waals surface area (Å²) < 4.78 is 57.1. The zero-order chi connectivity index (χ0) is 22.2. The average molecular weight is 491 g/mol. The summed E-state index contributed by atoms with van der Waals surface area (Å²) in [5, 5.41) is 0. The Hall–Kier alpha value is -1.98. The van der Waals surface area contributed by atoms with Crippen LogP contribution in [0, 0.1) is 25.3 Å². The van der Waals surface area contributed by atoms with E-state index in [4.69, 9.17) is 0 Å². The van der Waals surface area contributed by atoms with Gasteiger partial charge in [-0.3, -0.25) is 0 Å². The number of halogens is 5. The van der Waals surface area contributed by atoms with Gasteiger partial charge in [0.25, 0.3) is 0 Å². The van der Waals surface area contributed by atoms with E-state index in [2.05, 4.69) is 56.5 Å². The fourth-order valence-corrected chi connectivity index (χ4v) is 3.05. The molecule has 0 fully saturated rings. The molecule has 0 aliphatic heterocycles. The topological polar surface area (TPSA) is 18.5 Å². The molecule has 0 bridgehead atoms. The third-order valence-corrected chi connectivity index (χ3v) is 4.69. The Morgan fingerprint density at radius 1 is 0.828 bits per heavy atom. The Bertz CT molecular complexity index is 871. The zero-order valence-corrected chi connectivity index (χ0v) is 19.4. The lowest BCUT2D eigenvalue weighted by molar-refractivity contribution is -0.0509. The summed E-state index contributed by atoms with van der Waals surface area (Å²) in [5.41, 5.74) is 5.42. The van der Waals surface area contributed by atoms with E-state index in [9.17, 15) is 17.6 Å². The number of aryl methyl sites for hydroxylation is 2. The number of alkyl halides is 4. The molecular formula is C21H23BrF4O2Si. The molecule has 0 atom stereocenters. The zero-order valence-electron chi connectivity index (χ0n) is 16.8. The molecule has 2 aromatic rings. The summed E-state index contributed by atoms with van der Waals surface area (Å²) in [6.07, 6.45) is 0. The lowest BCUT2D eigenvalue weighted by Crippen LogP contribution is -2.16. The first kappa shape index (κ1) is 25.1. The number of benzene rings is 2. The minimum absolute atomic E-state index is 0.207. The van der Waals surface area contributed by atoms with Crippen LogP contribution in [0.2, 0.25) is 19.6 Å². The molecule has 0 spiro atoms. The average Bonchev–Trinajstić information content (AvgIpc) is 2.57. The molecule has 0 N–H and O–H groups in total. The van der Waals surface area contributed by atoms with Crippen LogP contribution in [0.1, 0.15) is 16.7 Å². The van der Waals surface area contributed by atoms with Crippen molar-refractivity contribution in [2.24, 2.45) is 0 Å². The minimum Gasteiger partial charge on any atom is -0.435 e. The van der Waals surface area contributed by atoms with Gasteiger partial charge in [0, 0.05) is 10.0 Å². The van der Waals surface area contributed by atoms with E-state index < -0.39 is 21.3 Å². The summed E-state index contributed by atoms with van der Waals surface area (Å²) in [6.45, 7) is 4.36. The molecule has 0 radical (unpaired) electrons. The quantitative estimate of drug-likeness (QED) is 0.256. The van der Waals surface area contributed by atoms with Gasteiger partial charge in [-0.1, -0.05) is 41.5 Å². The van der Waals surface area contributed by atoms with Crippen LogP contribution < -0.4 is 9.47 Å². The van der Waals surface area contributed by atoms with Gasteiger partial charge in [0.15, 0.2) is 0 Å². The molecule has 2 nitrogen and oxygen atoms in total. The molecule has 29 heavy (non-hydrogen) atoms. The van der Waals surface area contributed by atoms with Gasteiger partial charge >= 0.3 is 13.2 Å². The van der Waals surface area contributed by atoms with Gasteiger partial charge in [0.1, 0.15) is 19.6 Å². The van der Waals surface area contributed by atoms with Gasteiger partial charge in [0.05, 0.1) is 0 Å². The van der Waals surface area contributed by atoms with Crippen LogP contribution in [0.5, 0.6) is 11.5 Å². The van der Waals surface area contributed by atoms with E-state index in [1.165, 1.54) is 12.1 Å². The molecule has 0 unspecified atom stereocenters. The Morgan fingerprint density at radius 3 is 1.72 bits per heavy atom. The first-order valence-corrected chi connectivity index (χ1v) is 13.0. The highest BCUT2D eigenvalue weighted by Crippen LogP contribution is 2.23. The summed E-state index contributed by atoms with van der Waals surface area (Å²) >= 11 is 3.22. The predicted octanol–water partition coefficient (Wildman–Crippen LogP) is 7.18. The predicted molar refractivity (Wildman–Crippen MR) is 114 cm³/mol. The van der Waals surface area contributed by atoms with E-state index >= 15 is 0 Å². The molecule has 0 saturated carbocycles. The molecule has 0 saturated heterocycles. The van der Waals surface area contributed by atoms with E-state index in [1.807, 2.05) is 0 Å². The summed E-state index contributed by atoms with van der Waals surface area (Å²) in [7, 11) is -1.41. The van der Waals surface area contributed by atoms with Gasteiger partial charge in [0.2, 0.25) is 0 Å². The van der Waals surface area contributed by atoms with Gasteiger partial charge < -0.3 is 9.47 Å². The summed E-state index contributed by atoms with van der Waals surface area (Å²) in [5.74, 6) is 3.50. The Morgan fingerprint density at radius 2 is 1.31 bits per heavy atom. The normalized spacial score (nSPS) is 10.8. The Kier molecular flexibility index (Phi) is 9.73. The van der Waals surface area contributed by atoms with E-state index in [-0.39, 0.29) is 11.5 Å². The first-order chi connectivity index (χ1) is 13.4. The molecule has 8 heteroatoms. The van der Waals surface area contributed by atoms with Crippen LogP contribution in [0.4, 0.5) is 17.6 Å². The fraction of sp³-hybridized carbons (Fsp3) is 0.333. The second-order valence-electron chi connectivity index (χ2n) is 7.15. The Balaban J connectivity index is 0.000000308. The molecule has 0 aliphatic carbocycles. The van der Waals surface area contributed by atoms with E-state index in [0.29, 0.717) is 11.1 Å². The lowest BCUT2D eigenvalue weighted by Gasteiger charge is -2.08. The number of hydrogen-bond acceptors (Lipinski definition) is 2. The summed E-state index contributed by atoms with van der Waals surface area (Å²) in [6, 6.07) is 9.90. The van der Waals surface area contributed by atoms with Crippen molar-refractivity contribution in [3.8, 4) is 23.0 Å². The molecule has 2 aromatic carbocycles. The highest BCUT2D eigenvalue weighted by atomic mass is 79.9. The number of ether oxygens (including phenoxy) is 2. The third kappa shape index (κ3) is 10.4. The third-order valence-electron chi connectivity index (χ3n) is 3.33. The number of rotatable bonds is 4. The van der Waals surface area contributed by atoms with Crippen LogP contribution in [-0.2, 0) is 0 Å². The standard InChI is InChI=1S/C13H16F2OSi.C8H7BrF2O/c1-10-9-11(7-8-17(2,3)4)5-6-12(10)16-13(14)15;1-5-4-6(9)2-3-7(5)12-8(10)11/h5-6,9,13H,1-4H3;2-4,8H,1H3. The maximum absolute atomic E-state index is 12.1. The van der Waals surface area contributed by atoms with Crippen LogP contribution in [0.25, 0.3) is 0 Å². The highest BCUT2D eigenvalue weighted by Gasteiger charge is 2.09. The van der Waals surface area contributed by atoms with Crippen LogP contribution >= 0.6 is 15.9 Å². The van der Waals surface area contributed by atoms with Crippen molar-refractivity contribution >= 4 is 24.0 Å². The minimum atomic E-state index is -2.78. The van der Waals surface area contributed by atoms with Gasteiger partial charge in [-0.05, 0) is 61.4 Å². The van der Waals surface area contributed by atoms with Crippen molar-refractivity contribution in [1.82, 2.24) is 0 Å². The van der Waals surface area contributed by atoms with Gasteiger partial charge in [-0.15, -0.1) is 5.54 Å². The molecule has 0 heterocycles. The smallest absolute Gasteiger partial charge is 0.387 e. The molecule has 2 rings (SSSR count). The van der Waals surface area contributed by atoms with Crippen molar-refractivity contribution in [2.75, 3.05) is 0 Å². The maximum atomic E-state index is 12.1. The maximum Gasteiger partial charge on any atom is 0.387 e. The first-order valence-electron chi connectivity index (χ1n) is 8.67. The monoisotopic (exact) mass is 490 g/mol. The molecule has 0 aromatic heterocycles. The van der Waals surface area contributed by atoms with Crippen molar-refractivity contribution in [3.63, 3.8) is 0 Å². The van der Waals surface area contributed by atoms with Crippen LogP contribution in [0.15, 0.2) is 40.9 Å². The van der Waals surface area contributed by atoms with Gasteiger partial charge in [-0.2, -0.15) is 17.6 Å². The van der Waals surface area contributed by atoms with E-state index in [1.54, 1.807) is 38.1 Å². The highest BCUT2D eigenvalue weighted by molar-refractivity contribution is 9.10.